The van der Waals surface area contributed by atoms with Crippen molar-refractivity contribution >= 4 is 82.5 Å². The van der Waals surface area contributed by atoms with E-state index in [1.54, 1.807) is 0 Å². The summed E-state index contributed by atoms with van der Waals surface area (Å²) in [4.78, 5) is 2.33. The van der Waals surface area contributed by atoms with Crippen molar-refractivity contribution in [3.8, 4) is 44.5 Å². The fourth-order valence-corrected chi connectivity index (χ4v) is 9.90. The quantitative estimate of drug-likeness (QED) is 0.150. The van der Waals surface area contributed by atoms with Crippen molar-refractivity contribution in [3.63, 3.8) is 0 Å². The summed E-state index contributed by atoms with van der Waals surface area (Å²) in [5, 5.41) is 9.45. The molecule has 0 amide bonds. The highest BCUT2D eigenvalue weighted by atomic mass is 16.3. The zero-order valence-corrected chi connectivity index (χ0v) is 35.3. The summed E-state index contributed by atoms with van der Waals surface area (Å²) >= 11 is 0. The molecule has 0 saturated heterocycles. The fraction of sp³-hybridized carbons (Fsp3) is 0. The topological polar surface area (TPSA) is 29.5 Å². The monoisotopic (exact) mass is 829 g/mol. The molecule has 3 heteroatoms. The van der Waals surface area contributed by atoms with Gasteiger partial charge in [-0.05, 0) is 115 Å². The van der Waals surface area contributed by atoms with Gasteiger partial charge in [-0.2, -0.15) is 0 Å². The third-order valence-electron chi connectivity index (χ3n) is 13.1. The molecule has 0 N–H and O–H groups in total. The van der Waals surface area contributed by atoms with Crippen LogP contribution in [0.5, 0.6) is 0 Å². The first-order chi connectivity index (χ1) is 32.2. The molecule has 0 unspecified atom stereocenters. The third kappa shape index (κ3) is 6.20. The van der Waals surface area contributed by atoms with Gasteiger partial charge >= 0.3 is 0 Å². The summed E-state index contributed by atoms with van der Waals surface area (Å²) in [5.41, 5.74) is 15.8. The van der Waals surface area contributed by atoms with E-state index < -0.39 is 0 Å². The van der Waals surface area contributed by atoms with Gasteiger partial charge in [0.15, 0.2) is 5.58 Å². The van der Waals surface area contributed by atoms with Crippen molar-refractivity contribution in [3.05, 3.63) is 237 Å². The van der Waals surface area contributed by atoms with E-state index in [0.29, 0.717) is 0 Å². The lowest BCUT2D eigenvalue weighted by Gasteiger charge is -2.26. The second-order valence-electron chi connectivity index (χ2n) is 16.8. The van der Waals surface area contributed by atoms with Gasteiger partial charge in [0.25, 0.3) is 0 Å². The molecule has 13 rings (SSSR count). The van der Waals surface area contributed by atoms with Crippen LogP contribution in [0.15, 0.2) is 245 Å². The molecule has 304 valence electrons. The molecule has 0 aliphatic carbocycles. The molecular weight excluding hydrogens is 791 g/mol. The van der Waals surface area contributed by atoms with Crippen LogP contribution in [0.4, 0.5) is 17.1 Å². The normalized spacial score (nSPS) is 11.7. The number of benzene rings is 11. The molecule has 0 bridgehead atoms. The van der Waals surface area contributed by atoms with E-state index in [0.717, 1.165) is 88.8 Å². The van der Waals surface area contributed by atoms with Crippen LogP contribution < -0.4 is 4.90 Å². The van der Waals surface area contributed by atoms with Gasteiger partial charge in [-0.3, -0.25) is 0 Å². The lowest BCUT2D eigenvalue weighted by Crippen LogP contribution is -2.10. The third-order valence-corrected chi connectivity index (χ3v) is 13.1. The van der Waals surface area contributed by atoms with Crippen molar-refractivity contribution in [2.24, 2.45) is 0 Å². The zero-order valence-electron chi connectivity index (χ0n) is 35.3. The molecule has 13 aromatic rings. The number of fused-ring (bicyclic) bond motifs is 9. The minimum Gasteiger partial charge on any atom is -0.456 e. The van der Waals surface area contributed by atoms with Gasteiger partial charge in [-0.25, -0.2) is 0 Å². The van der Waals surface area contributed by atoms with Gasteiger partial charge in [0, 0.05) is 38.5 Å². The van der Waals surface area contributed by atoms with Crippen LogP contribution in [0.25, 0.3) is 110 Å². The smallest absolute Gasteiger partial charge is 0.159 e. The Kier molecular flexibility index (Phi) is 8.53. The highest BCUT2D eigenvalue weighted by Gasteiger charge is 2.21. The number of anilines is 3. The number of para-hydroxylation sites is 3. The molecule has 0 spiro atoms. The van der Waals surface area contributed by atoms with Crippen LogP contribution in [0.2, 0.25) is 0 Å². The lowest BCUT2D eigenvalue weighted by molar-refractivity contribution is 0.669. The number of furan rings is 2. The predicted octanol–water partition coefficient (Wildman–Crippen LogP) is 17.9. The molecule has 0 atom stereocenters. The average Bonchev–Trinajstić information content (AvgIpc) is 3.96. The molecular formula is C62H39NO2. The summed E-state index contributed by atoms with van der Waals surface area (Å²) < 4.78 is 13.1. The van der Waals surface area contributed by atoms with Crippen molar-refractivity contribution < 1.29 is 8.83 Å². The Morgan fingerprint density at radius 3 is 1.54 bits per heavy atom. The van der Waals surface area contributed by atoms with Crippen LogP contribution in [0.1, 0.15) is 0 Å². The molecule has 0 radical (unpaired) electrons. The molecule has 0 aliphatic rings. The first-order valence-electron chi connectivity index (χ1n) is 22.1. The molecule has 0 saturated carbocycles. The van der Waals surface area contributed by atoms with Crippen LogP contribution in [-0.2, 0) is 0 Å². The maximum Gasteiger partial charge on any atom is 0.159 e. The number of nitrogens with zero attached hydrogens (tertiary/aromatic N) is 1. The number of hydrogen-bond donors (Lipinski definition) is 0. The summed E-state index contributed by atoms with van der Waals surface area (Å²) in [7, 11) is 0. The second kappa shape index (κ2) is 15.0. The van der Waals surface area contributed by atoms with Gasteiger partial charge in [0.05, 0.1) is 5.69 Å². The lowest BCUT2D eigenvalue weighted by atomic mass is 9.93. The van der Waals surface area contributed by atoms with Crippen LogP contribution in [0, 0.1) is 0 Å². The van der Waals surface area contributed by atoms with Crippen molar-refractivity contribution in [1.82, 2.24) is 0 Å². The second-order valence-corrected chi connectivity index (χ2v) is 16.8. The van der Waals surface area contributed by atoms with E-state index in [1.165, 1.54) is 38.2 Å². The Morgan fingerprint density at radius 2 is 0.785 bits per heavy atom. The Morgan fingerprint density at radius 1 is 0.262 bits per heavy atom. The Bertz CT molecular complexity index is 3920. The van der Waals surface area contributed by atoms with Crippen molar-refractivity contribution in [1.29, 1.82) is 0 Å². The van der Waals surface area contributed by atoms with E-state index in [9.17, 15) is 0 Å². The van der Waals surface area contributed by atoms with Crippen LogP contribution >= 0.6 is 0 Å². The van der Waals surface area contributed by atoms with Gasteiger partial charge in [0.2, 0.25) is 0 Å². The minimum absolute atomic E-state index is 0.844. The maximum absolute atomic E-state index is 7.01. The standard InChI is InChI=1S/C62H39NO2/c1-2-12-43(13-3-1)50-19-10-20-54-55-21-11-22-58(62(55)65-61(50)54)63(48-35-30-44(31-36-48)56-39-46-14-4-5-15-49(46)51-16-6-7-17-52(51)56)47-33-28-41(29-34-47)40-24-26-42(27-25-40)45-32-37-60-57(38-45)53-18-8-9-23-59(53)64-60/h1-39H. The maximum atomic E-state index is 7.01. The summed E-state index contributed by atoms with van der Waals surface area (Å²) in [5.74, 6) is 0. The van der Waals surface area contributed by atoms with Crippen molar-refractivity contribution in [2.75, 3.05) is 4.90 Å². The summed E-state index contributed by atoms with van der Waals surface area (Å²) in [6, 6.07) is 84.6. The first-order valence-corrected chi connectivity index (χ1v) is 22.1. The molecule has 11 aromatic carbocycles. The van der Waals surface area contributed by atoms with E-state index in [2.05, 4.69) is 229 Å². The molecule has 3 nitrogen and oxygen atoms in total. The molecule has 0 fully saturated rings. The number of rotatable bonds is 7. The summed E-state index contributed by atoms with van der Waals surface area (Å²) in [6.45, 7) is 0. The predicted molar refractivity (Wildman–Crippen MR) is 272 cm³/mol. The van der Waals surface area contributed by atoms with Crippen molar-refractivity contribution in [2.45, 2.75) is 0 Å². The Hall–Kier alpha value is -8.66. The zero-order chi connectivity index (χ0) is 42.8. The van der Waals surface area contributed by atoms with Gasteiger partial charge in [0.1, 0.15) is 16.7 Å². The highest BCUT2D eigenvalue weighted by molar-refractivity contribution is 6.15. The average molecular weight is 830 g/mol. The Balaban J connectivity index is 0.910. The molecule has 65 heavy (non-hydrogen) atoms. The molecule has 2 heterocycles. The van der Waals surface area contributed by atoms with E-state index >= 15 is 0 Å². The SMILES string of the molecule is c1ccc(-c2cccc3c2oc2c(N(c4ccc(-c5ccc(-c6ccc7oc8ccccc8c7c6)cc5)cc4)c4ccc(-c5cc6ccccc6c6ccccc56)cc4)cccc23)cc1. The van der Waals surface area contributed by atoms with Crippen LogP contribution in [0.3, 0.4) is 0 Å². The van der Waals surface area contributed by atoms with Gasteiger partial charge in [-0.1, -0.05) is 182 Å². The number of hydrogen-bond acceptors (Lipinski definition) is 3. The molecule has 0 aliphatic heterocycles. The van der Waals surface area contributed by atoms with E-state index in [4.69, 9.17) is 8.83 Å². The minimum atomic E-state index is 0.844. The van der Waals surface area contributed by atoms with Gasteiger partial charge in [-0.15, -0.1) is 0 Å². The van der Waals surface area contributed by atoms with Crippen LogP contribution in [-0.4, -0.2) is 0 Å². The van der Waals surface area contributed by atoms with E-state index in [1.807, 2.05) is 12.1 Å². The first kappa shape index (κ1) is 36.9. The van der Waals surface area contributed by atoms with Gasteiger partial charge < -0.3 is 13.7 Å². The van der Waals surface area contributed by atoms with E-state index in [-0.39, 0.29) is 0 Å². The highest BCUT2D eigenvalue weighted by Crippen LogP contribution is 2.45. The summed E-state index contributed by atoms with van der Waals surface area (Å²) in [6.07, 6.45) is 0. The largest absolute Gasteiger partial charge is 0.456 e. The Labute approximate surface area is 375 Å². The fourth-order valence-electron chi connectivity index (χ4n) is 9.90. The molecule has 2 aromatic heterocycles.